The fraction of sp³-hybridized carbons (Fsp3) is 0.333. The van der Waals surface area contributed by atoms with Crippen LogP contribution in [0.1, 0.15) is 18.4 Å². The maximum absolute atomic E-state index is 5.39. The molecule has 0 spiro atoms. The lowest BCUT2D eigenvalue weighted by Crippen LogP contribution is -2.18. The highest BCUT2D eigenvalue weighted by atomic mass is 16.5. The molecule has 2 heteroatoms. The van der Waals surface area contributed by atoms with E-state index in [1.165, 1.54) is 42.6 Å². The van der Waals surface area contributed by atoms with E-state index < -0.39 is 0 Å². The van der Waals surface area contributed by atoms with Gasteiger partial charge in [0.1, 0.15) is 5.75 Å². The molecule has 0 N–H and O–H groups in total. The summed E-state index contributed by atoms with van der Waals surface area (Å²) in [5, 5.41) is 0. The van der Waals surface area contributed by atoms with Gasteiger partial charge >= 0.3 is 0 Å². The van der Waals surface area contributed by atoms with Gasteiger partial charge in [0.25, 0.3) is 0 Å². The second-order valence-corrected chi connectivity index (χ2v) is 5.37. The van der Waals surface area contributed by atoms with E-state index in [4.69, 9.17) is 4.74 Å². The summed E-state index contributed by atoms with van der Waals surface area (Å²) in [5.41, 5.74) is 3.94. The van der Waals surface area contributed by atoms with Gasteiger partial charge in [-0.25, -0.2) is 0 Å². The molecule has 1 saturated heterocycles. The summed E-state index contributed by atoms with van der Waals surface area (Å²) in [6.45, 7) is 3.48. The zero-order valence-electron chi connectivity index (χ0n) is 12.0. The second-order valence-electron chi connectivity index (χ2n) is 5.37. The fourth-order valence-electron chi connectivity index (χ4n) is 2.89. The second kappa shape index (κ2) is 6.10. The highest BCUT2D eigenvalue weighted by Crippen LogP contribution is 2.29. The molecule has 1 aliphatic heterocycles. The molecule has 1 heterocycles. The van der Waals surface area contributed by atoms with Gasteiger partial charge in [0.2, 0.25) is 0 Å². The molecular weight excluding hydrogens is 246 g/mol. The zero-order valence-corrected chi connectivity index (χ0v) is 12.0. The van der Waals surface area contributed by atoms with Crippen LogP contribution in [-0.4, -0.2) is 25.1 Å². The lowest BCUT2D eigenvalue weighted by Gasteiger charge is -2.18. The van der Waals surface area contributed by atoms with Crippen molar-refractivity contribution in [2.45, 2.75) is 19.4 Å². The number of hydrogen-bond acceptors (Lipinski definition) is 2. The predicted octanol–water partition coefficient (Wildman–Crippen LogP) is 3.96. The van der Waals surface area contributed by atoms with Crippen LogP contribution in [0.15, 0.2) is 48.5 Å². The average molecular weight is 267 g/mol. The summed E-state index contributed by atoms with van der Waals surface area (Å²) in [6, 6.07) is 17.0. The first-order valence-electron chi connectivity index (χ1n) is 7.31. The highest BCUT2D eigenvalue weighted by Gasteiger charge is 2.14. The van der Waals surface area contributed by atoms with Crippen molar-refractivity contribution in [3.63, 3.8) is 0 Å². The smallest absolute Gasteiger partial charge is 0.119 e. The lowest BCUT2D eigenvalue weighted by atomic mass is 9.99. The van der Waals surface area contributed by atoms with Crippen molar-refractivity contribution in [3.05, 3.63) is 54.1 Å². The van der Waals surface area contributed by atoms with Gasteiger partial charge in [-0.1, -0.05) is 36.4 Å². The monoisotopic (exact) mass is 267 g/mol. The molecule has 0 bridgehead atoms. The molecule has 0 amide bonds. The summed E-state index contributed by atoms with van der Waals surface area (Å²) in [5.74, 6) is 0.925. The minimum Gasteiger partial charge on any atom is -0.497 e. The van der Waals surface area contributed by atoms with Gasteiger partial charge in [0.05, 0.1) is 7.11 Å². The van der Waals surface area contributed by atoms with Gasteiger partial charge < -0.3 is 4.74 Å². The van der Waals surface area contributed by atoms with Crippen LogP contribution < -0.4 is 4.74 Å². The molecule has 104 valence electrons. The lowest BCUT2D eigenvalue weighted by molar-refractivity contribution is 0.331. The summed E-state index contributed by atoms with van der Waals surface area (Å²) in [4.78, 5) is 2.54. The minimum atomic E-state index is 0.925. The highest BCUT2D eigenvalue weighted by molar-refractivity contribution is 5.69. The van der Waals surface area contributed by atoms with Crippen LogP contribution in [0, 0.1) is 0 Å². The molecular formula is C18H21NO. The average Bonchev–Trinajstić information content (AvgIpc) is 3.01. The number of hydrogen-bond donors (Lipinski definition) is 0. The van der Waals surface area contributed by atoms with Crippen molar-refractivity contribution in [1.29, 1.82) is 0 Å². The quantitative estimate of drug-likeness (QED) is 0.831. The van der Waals surface area contributed by atoms with E-state index in [9.17, 15) is 0 Å². The van der Waals surface area contributed by atoms with Crippen LogP contribution in [0.2, 0.25) is 0 Å². The van der Waals surface area contributed by atoms with Crippen molar-refractivity contribution in [2.24, 2.45) is 0 Å². The van der Waals surface area contributed by atoms with E-state index in [1.807, 2.05) is 0 Å². The van der Waals surface area contributed by atoms with Crippen LogP contribution in [0.25, 0.3) is 11.1 Å². The van der Waals surface area contributed by atoms with Crippen LogP contribution in [0.4, 0.5) is 0 Å². The Morgan fingerprint density at radius 1 is 1.00 bits per heavy atom. The summed E-state index contributed by atoms with van der Waals surface area (Å²) >= 11 is 0. The molecule has 3 rings (SSSR count). The normalized spacial score (nSPS) is 15.4. The van der Waals surface area contributed by atoms with Crippen LogP contribution in [0.3, 0.4) is 0 Å². The molecule has 0 radical (unpaired) electrons. The number of rotatable bonds is 4. The molecule has 0 unspecified atom stereocenters. The largest absolute Gasteiger partial charge is 0.497 e. The molecule has 2 aromatic carbocycles. The maximum atomic E-state index is 5.39. The van der Waals surface area contributed by atoms with Crippen LogP contribution in [0.5, 0.6) is 5.75 Å². The van der Waals surface area contributed by atoms with Gasteiger partial charge in [-0.05, 0) is 54.8 Å². The SMILES string of the molecule is COc1ccc(CN2CCCC2)c(-c2ccccc2)c1. The first kappa shape index (κ1) is 13.2. The number of likely N-dealkylation sites (tertiary alicyclic amines) is 1. The van der Waals surface area contributed by atoms with Crippen molar-refractivity contribution >= 4 is 0 Å². The third kappa shape index (κ3) is 2.86. The van der Waals surface area contributed by atoms with E-state index in [0.717, 1.165) is 12.3 Å². The number of ether oxygens (including phenoxy) is 1. The Balaban J connectivity index is 1.95. The van der Waals surface area contributed by atoms with E-state index in [1.54, 1.807) is 7.11 Å². The molecule has 0 aliphatic carbocycles. The summed E-state index contributed by atoms with van der Waals surface area (Å²) < 4.78 is 5.39. The molecule has 2 aromatic rings. The van der Waals surface area contributed by atoms with Crippen molar-refractivity contribution in [1.82, 2.24) is 4.90 Å². The Morgan fingerprint density at radius 3 is 2.45 bits per heavy atom. The van der Waals surface area contributed by atoms with Crippen LogP contribution >= 0.6 is 0 Å². The van der Waals surface area contributed by atoms with E-state index >= 15 is 0 Å². The third-order valence-electron chi connectivity index (χ3n) is 3.99. The van der Waals surface area contributed by atoms with Crippen molar-refractivity contribution in [2.75, 3.05) is 20.2 Å². The summed E-state index contributed by atoms with van der Waals surface area (Å²) in [7, 11) is 1.73. The van der Waals surface area contributed by atoms with Gasteiger partial charge in [-0.2, -0.15) is 0 Å². The third-order valence-corrected chi connectivity index (χ3v) is 3.99. The van der Waals surface area contributed by atoms with Gasteiger partial charge in [-0.15, -0.1) is 0 Å². The molecule has 1 aliphatic rings. The van der Waals surface area contributed by atoms with Gasteiger partial charge in [-0.3, -0.25) is 4.90 Å². The van der Waals surface area contributed by atoms with E-state index in [0.29, 0.717) is 0 Å². The molecule has 1 fully saturated rings. The first-order chi connectivity index (χ1) is 9.86. The molecule has 0 saturated carbocycles. The Bertz CT molecular complexity index is 559. The van der Waals surface area contributed by atoms with E-state index in [-0.39, 0.29) is 0 Å². The zero-order chi connectivity index (χ0) is 13.8. The van der Waals surface area contributed by atoms with Crippen molar-refractivity contribution < 1.29 is 4.74 Å². The fourth-order valence-corrected chi connectivity index (χ4v) is 2.89. The van der Waals surface area contributed by atoms with Crippen molar-refractivity contribution in [3.8, 4) is 16.9 Å². The van der Waals surface area contributed by atoms with Gasteiger partial charge in [0.15, 0.2) is 0 Å². The Morgan fingerprint density at radius 2 is 1.75 bits per heavy atom. The molecule has 20 heavy (non-hydrogen) atoms. The maximum Gasteiger partial charge on any atom is 0.119 e. The van der Waals surface area contributed by atoms with Crippen LogP contribution in [-0.2, 0) is 6.54 Å². The Labute approximate surface area is 121 Å². The summed E-state index contributed by atoms with van der Waals surface area (Å²) in [6.07, 6.45) is 2.66. The minimum absolute atomic E-state index is 0.925. The Kier molecular flexibility index (Phi) is 4.03. The number of nitrogens with zero attached hydrogens (tertiary/aromatic N) is 1. The Hall–Kier alpha value is -1.80. The van der Waals surface area contributed by atoms with E-state index in [2.05, 4.69) is 53.4 Å². The number of benzene rings is 2. The standard InChI is InChI=1S/C18H21NO/c1-20-17-10-9-16(14-19-11-5-6-12-19)18(13-17)15-7-3-2-4-8-15/h2-4,7-10,13H,5-6,11-12,14H2,1H3. The van der Waals surface area contributed by atoms with Gasteiger partial charge in [0, 0.05) is 6.54 Å². The predicted molar refractivity (Wildman–Crippen MR) is 82.9 cm³/mol. The topological polar surface area (TPSA) is 12.5 Å². The molecule has 0 atom stereocenters. The number of methoxy groups -OCH3 is 1. The first-order valence-corrected chi connectivity index (χ1v) is 7.31. The molecule has 0 aromatic heterocycles. The molecule has 2 nitrogen and oxygen atoms in total.